The number of nitrogens with one attached hydrogen (secondary N) is 1. The molecule has 1 N–H and O–H groups in total. The van der Waals surface area contributed by atoms with Crippen LogP contribution in [-0.4, -0.2) is 24.1 Å². The maximum atomic E-state index is 12.1. The Hall–Kier alpha value is -1.93. The second-order valence-electron chi connectivity index (χ2n) is 4.78. The van der Waals surface area contributed by atoms with Crippen LogP contribution in [0.4, 0.5) is 0 Å². The minimum Gasteiger partial charge on any atom is -0.296 e. The summed E-state index contributed by atoms with van der Waals surface area (Å²) in [5, 5.41) is 0.193. The third kappa shape index (κ3) is 2.64. The maximum Gasteiger partial charge on any atom is 0.330 e. The van der Waals surface area contributed by atoms with E-state index in [2.05, 4.69) is 4.72 Å². The Labute approximate surface area is 121 Å². The van der Waals surface area contributed by atoms with Crippen molar-refractivity contribution < 1.29 is 8.42 Å². The minimum atomic E-state index is -3.65. The molecule has 21 heavy (non-hydrogen) atoms. The highest BCUT2D eigenvalue weighted by atomic mass is 32.2. The van der Waals surface area contributed by atoms with Crippen LogP contribution in [0.15, 0.2) is 32.7 Å². The Bertz CT molecular complexity index is 909. The van der Waals surface area contributed by atoms with Crippen molar-refractivity contribution in [3.8, 4) is 0 Å². The van der Waals surface area contributed by atoms with Crippen LogP contribution in [0, 0.1) is 0 Å². The lowest BCUT2D eigenvalue weighted by atomic mass is 10.2. The van der Waals surface area contributed by atoms with E-state index in [1.165, 1.54) is 36.9 Å². The topological polar surface area (TPSA) is 90.2 Å². The van der Waals surface area contributed by atoms with Gasteiger partial charge in [-0.2, -0.15) is 0 Å². The summed E-state index contributed by atoms with van der Waals surface area (Å²) in [6.45, 7) is 2.18. The Balaban J connectivity index is 2.74. The van der Waals surface area contributed by atoms with E-state index in [4.69, 9.17) is 0 Å². The van der Waals surface area contributed by atoms with Crippen molar-refractivity contribution in [3.63, 3.8) is 0 Å². The summed E-state index contributed by atoms with van der Waals surface area (Å²) in [7, 11) is -0.755. The number of aryl methyl sites for hydroxylation is 1. The molecule has 1 aromatic heterocycles. The van der Waals surface area contributed by atoms with E-state index in [1.807, 2.05) is 6.92 Å². The van der Waals surface area contributed by atoms with Gasteiger partial charge >= 0.3 is 5.69 Å². The molecular formula is C13H17N3O4S. The first-order valence-electron chi connectivity index (χ1n) is 6.49. The third-order valence-electron chi connectivity index (χ3n) is 3.29. The molecule has 0 bridgehead atoms. The van der Waals surface area contributed by atoms with Gasteiger partial charge < -0.3 is 0 Å². The first-order valence-corrected chi connectivity index (χ1v) is 7.97. The molecule has 0 unspecified atom stereocenters. The number of benzene rings is 1. The third-order valence-corrected chi connectivity index (χ3v) is 4.75. The molecule has 7 nitrogen and oxygen atoms in total. The highest BCUT2D eigenvalue weighted by molar-refractivity contribution is 7.89. The number of sulfonamides is 1. The van der Waals surface area contributed by atoms with Crippen LogP contribution in [-0.2, 0) is 24.1 Å². The highest BCUT2D eigenvalue weighted by Gasteiger charge is 2.16. The van der Waals surface area contributed by atoms with E-state index < -0.39 is 21.3 Å². The molecule has 0 aliphatic rings. The predicted molar refractivity (Wildman–Crippen MR) is 79.9 cm³/mol. The van der Waals surface area contributed by atoms with Crippen LogP contribution in [0.2, 0.25) is 0 Å². The van der Waals surface area contributed by atoms with Crippen LogP contribution in [0.5, 0.6) is 0 Å². The lowest BCUT2D eigenvalue weighted by Crippen LogP contribution is -2.37. The van der Waals surface area contributed by atoms with Gasteiger partial charge in [-0.25, -0.2) is 17.9 Å². The Kier molecular flexibility index (Phi) is 4.02. The predicted octanol–water partition coefficient (Wildman–Crippen LogP) is -0.0745. The summed E-state index contributed by atoms with van der Waals surface area (Å²) in [5.74, 6) is 0. The molecular weight excluding hydrogens is 294 g/mol. The number of rotatable bonds is 4. The van der Waals surface area contributed by atoms with Gasteiger partial charge in [-0.15, -0.1) is 0 Å². The summed E-state index contributed by atoms with van der Waals surface area (Å²) >= 11 is 0. The van der Waals surface area contributed by atoms with Crippen molar-refractivity contribution in [2.45, 2.75) is 18.2 Å². The van der Waals surface area contributed by atoms with Gasteiger partial charge in [0.2, 0.25) is 10.0 Å². The Morgan fingerprint density at radius 1 is 1.14 bits per heavy atom. The fourth-order valence-corrected chi connectivity index (χ4v) is 3.22. The van der Waals surface area contributed by atoms with Crippen molar-refractivity contribution in [2.75, 3.05) is 6.54 Å². The van der Waals surface area contributed by atoms with E-state index in [9.17, 15) is 18.0 Å². The normalized spacial score (nSPS) is 12.0. The van der Waals surface area contributed by atoms with E-state index in [0.717, 1.165) is 4.57 Å². The van der Waals surface area contributed by atoms with Crippen LogP contribution in [0.1, 0.15) is 13.3 Å². The maximum absolute atomic E-state index is 12.1. The molecule has 0 fully saturated rings. The van der Waals surface area contributed by atoms with Crippen LogP contribution in [0.25, 0.3) is 10.9 Å². The molecule has 0 aliphatic heterocycles. The average molecular weight is 311 g/mol. The summed E-state index contributed by atoms with van der Waals surface area (Å²) in [6.07, 6.45) is 0.670. The van der Waals surface area contributed by atoms with Gasteiger partial charge in [0.25, 0.3) is 5.56 Å². The average Bonchev–Trinajstić information content (AvgIpc) is 2.48. The molecule has 0 aliphatic carbocycles. The van der Waals surface area contributed by atoms with Gasteiger partial charge in [0.1, 0.15) is 0 Å². The lowest BCUT2D eigenvalue weighted by molar-refractivity contribution is 0.581. The zero-order valence-corrected chi connectivity index (χ0v) is 12.9. The van der Waals surface area contributed by atoms with E-state index in [1.54, 1.807) is 0 Å². The molecule has 2 aromatic rings. The number of nitrogens with zero attached hydrogens (tertiary/aromatic N) is 2. The molecule has 0 saturated heterocycles. The smallest absolute Gasteiger partial charge is 0.296 e. The number of hydrogen-bond donors (Lipinski definition) is 1. The van der Waals surface area contributed by atoms with Gasteiger partial charge in [0.05, 0.1) is 15.8 Å². The second-order valence-corrected chi connectivity index (χ2v) is 6.55. The minimum absolute atomic E-state index is 0.0131. The van der Waals surface area contributed by atoms with Crippen LogP contribution >= 0.6 is 0 Å². The highest BCUT2D eigenvalue weighted by Crippen LogP contribution is 2.15. The van der Waals surface area contributed by atoms with E-state index >= 15 is 0 Å². The monoisotopic (exact) mass is 311 g/mol. The van der Waals surface area contributed by atoms with E-state index in [0.29, 0.717) is 18.5 Å². The van der Waals surface area contributed by atoms with Crippen LogP contribution < -0.4 is 16.0 Å². The molecule has 0 spiro atoms. The molecule has 8 heteroatoms. The van der Waals surface area contributed by atoms with Crippen molar-refractivity contribution in [1.29, 1.82) is 0 Å². The van der Waals surface area contributed by atoms with Crippen molar-refractivity contribution in [3.05, 3.63) is 39.0 Å². The van der Waals surface area contributed by atoms with Crippen LogP contribution in [0.3, 0.4) is 0 Å². The summed E-state index contributed by atoms with van der Waals surface area (Å²) in [6, 6.07) is 4.16. The molecule has 1 aromatic carbocycles. The van der Waals surface area contributed by atoms with Gasteiger partial charge in [0.15, 0.2) is 0 Å². The first-order chi connectivity index (χ1) is 9.79. The summed E-state index contributed by atoms with van der Waals surface area (Å²) in [4.78, 5) is 24.0. The quantitative estimate of drug-likeness (QED) is 0.855. The summed E-state index contributed by atoms with van der Waals surface area (Å²) in [5.41, 5.74) is -0.564. The molecule has 0 atom stereocenters. The second kappa shape index (κ2) is 5.45. The van der Waals surface area contributed by atoms with Crippen molar-refractivity contribution >= 4 is 20.9 Å². The largest absolute Gasteiger partial charge is 0.330 e. The van der Waals surface area contributed by atoms with Gasteiger partial charge in [0, 0.05) is 20.6 Å². The molecule has 0 amide bonds. The molecule has 114 valence electrons. The Morgan fingerprint density at radius 2 is 1.81 bits per heavy atom. The number of aromatic nitrogens is 2. The molecule has 2 rings (SSSR count). The zero-order chi connectivity index (χ0) is 15.8. The fourth-order valence-electron chi connectivity index (χ4n) is 2.06. The van der Waals surface area contributed by atoms with Gasteiger partial charge in [-0.1, -0.05) is 6.92 Å². The molecule has 0 radical (unpaired) electrons. The standard InChI is InChI=1S/C13H17N3O4S/c1-4-7-14-21(19,20)9-5-6-11-10(8-9)12(17)16(3)13(18)15(11)2/h5-6,8,14H,4,7H2,1-3H3. The molecule has 0 saturated carbocycles. The summed E-state index contributed by atoms with van der Waals surface area (Å²) < 4.78 is 28.9. The van der Waals surface area contributed by atoms with Crippen molar-refractivity contribution in [1.82, 2.24) is 13.9 Å². The van der Waals surface area contributed by atoms with Gasteiger partial charge in [-0.3, -0.25) is 13.9 Å². The SMILES string of the molecule is CCCNS(=O)(=O)c1ccc2c(c1)c(=O)n(C)c(=O)n2C. The lowest BCUT2D eigenvalue weighted by Gasteiger charge is -2.10. The Morgan fingerprint density at radius 3 is 2.43 bits per heavy atom. The first kappa shape index (κ1) is 15.5. The number of fused-ring (bicyclic) bond motifs is 1. The fraction of sp³-hybridized carbons (Fsp3) is 0.385. The van der Waals surface area contributed by atoms with Crippen molar-refractivity contribution in [2.24, 2.45) is 14.1 Å². The molecule has 1 heterocycles. The van der Waals surface area contributed by atoms with E-state index in [-0.39, 0.29) is 10.3 Å². The van der Waals surface area contributed by atoms with Gasteiger partial charge in [-0.05, 0) is 24.6 Å². The number of hydrogen-bond acceptors (Lipinski definition) is 4. The zero-order valence-electron chi connectivity index (χ0n) is 12.1.